The Bertz CT molecular complexity index is 1600. The number of pyridine rings is 1. The normalized spacial score (nSPS) is 27.5. The number of aromatic amines is 1. The number of carbonyl (C=O) groups is 2. The monoisotopic (exact) mass is 641 g/mol. The number of amides is 2. The average Bonchev–Trinajstić information content (AvgIpc) is 3.70. The van der Waals surface area contributed by atoms with E-state index in [1.165, 1.54) is 6.20 Å². The molecule has 2 saturated heterocycles. The lowest BCUT2D eigenvalue weighted by Gasteiger charge is -2.50. The predicted molar refractivity (Wildman–Crippen MR) is 163 cm³/mol. The summed E-state index contributed by atoms with van der Waals surface area (Å²) >= 11 is 12.6. The van der Waals surface area contributed by atoms with Crippen LogP contribution >= 0.6 is 23.2 Å². The van der Waals surface area contributed by atoms with Crippen LogP contribution < -0.4 is 20.9 Å². The number of halogens is 3. The van der Waals surface area contributed by atoms with Gasteiger partial charge in [0, 0.05) is 47.5 Å². The van der Waals surface area contributed by atoms with Gasteiger partial charge in [-0.05, 0) is 83.7 Å². The van der Waals surface area contributed by atoms with Crippen LogP contribution in [0, 0.1) is 11.2 Å². The van der Waals surface area contributed by atoms with Crippen molar-refractivity contribution in [3.8, 4) is 0 Å². The van der Waals surface area contributed by atoms with Gasteiger partial charge in [-0.3, -0.25) is 14.9 Å². The fourth-order valence-corrected chi connectivity index (χ4v) is 8.48. The molecule has 1 aromatic carbocycles. The van der Waals surface area contributed by atoms with Crippen molar-refractivity contribution in [3.05, 3.63) is 57.6 Å². The minimum Gasteiger partial charge on any atom is -0.352 e. The molecule has 2 spiro atoms. The number of fused-ring (bicyclic) bond motifs is 3. The summed E-state index contributed by atoms with van der Waals surface area (Å²) in [6.07, 6.45) is 5.68. The van der Waals surface area contributed by atoms with Crippen LogP contribution in [0.1, 0.15) is 69.4 Å². The van der Waals surface area contributed by atoms with Crippen molar-refractivity contribution in [3.63, 3.8) is 0 Å². The second-order valence-corrected chi connectivity index (χ2v) is 14.1. The molecule has 44 heavy (non-hydrogen) atoms. The fraction of sp³-hybridized carbons (Fsp3) is 0.533. The van der Waals surface area contributed by atoms with E-state index >= 15 is 4.39 Å². The Labute approximate surface area is 264 Å². The molecule has 0 radical (unpaired) electrons. The predicted octanol–water partition coefficient (Wildman–Crippen LogP) is 4.11. The minimum atomic E-state index is -1.31. The van der Waals surface area contributed by atoms with Crippen molar-refractivity contribution >= 4 is 46.7 Å². The van der Waals surface area contributed by atoms with Crippen LogP contribution in [0.2, 0.25) is 10.2 Å². The third-order valence-electron chi connectivity index (χ3n) is 10.4. The maximum absolute atomic E-state index is 16.1. The van der Waals surface area contributed by atoms with Gasteiger partial charge in [0.05, 0.1) is 6.04 Å². The van der Waals surface area contributed by atoms with Crippen LogP contribution in [-0.4, -0.2) is 68.1 Å². The van der Waals surface area contributed by atoms with Gasteiger partial charge in [0.25, 0.3) is 0 Å². The highest BCUT2D eigenvalue weighted by Gasteiger charge is 2.73. The van der Waals surface area contributed by atoms with Crippen LogP contribution in [0.25, 0.3) is 0 Å². The van der Waals surface area contributed by atoms with E-state index in [4.69, 9.17) is 23.2 Å². The zero-order valence-electron chi connectivity index (χ0n) is 24.5. The van der Waals surface area contributed by atoms with Gasteiger partial charge in [-0.2, -0.15) is 0 Å². The van der Waals surface area contributed by atoms with Gasteiger partial charge in [-0.25, -0.2) is 14.5 Å². The summed E-state index contributed by atoms with van der Waals surface area (Å²) in [4.78, 5) is 35.0. The second-order valence-electron chi connectivity index (χ2n) is 13.3. The SMILES string of the molecule is CC1(C)CCC2(CC1)NC(C(=O)NC1CCN(c3nnn[nH]3)CC1)C(c1ccnc(Cl)c1F)C21C(=O)Nc2cc(Cl)ccc21. The van der Waals surface area contributed by atoms with Crippen LogP contribution in [0.5, 0.6) is 0 Å². The molecule has 11 nitrogen and oxygen atoms in total. The summed E-state index contributed by atoms with van der Waals surface area (Å²) in [5.74, 6) is -1.60. The quantitative estimate of drug-likeness (QED) is 0.312. The lowest BCUT2D eigenvalue weighted by atomic mass is 9.53. The number of nitrogens with one attached hydrogen (secondary N) is 4. The Balaban J connectivity index is 1.31. The highest BCUT2D eigenvalue weighted by atomic mass is 35.5. The van der Waals surface area contributed by atoms with Gasteiger partial charge in [0.1, 0.15) is 5.41 Å². The molecule has 3 aliphatic heterocycles. The molecule has 4 N–H and O–H groups in total. The molecular formula is C30H34Cl2FN9O2. The van der Waals surface area contributed by atoms with E-state index in [2.05, 4.69) is 55.4 Å². The average molecular weight is 643 g/mol. The van der Waals surface area contributed by atoms with Gasteiger partial charge in [-0.1, -0.05) is 48.2 Å². The summed E-state index contributed by atoms with van der Waals surface area (Å²) in [6, 6.07) is 5.83. The maximum Gasteiger partial charge on any atom is 0.242 e. The summed E-state index contributed by atoms with van der Waals surface area (Å²) in [5.41, 5.74) is -0.608. The number of H-pyrrole nitrogens is 1. The summed E-state index contributed by atoms with van der Waals surface area (Å²) in [7, 11) is 0. The molecular weight excluding hydrogens is 608 g/mol. The molecule has 2 amide bonds. The number of piperidine rings is 1. The molecule has 232 valence electrons. The number of rotatable bonds is 4. The van der Waals surface area contributed by atoms with Crippen molar-refractivity contribution in [1.29, 1.82) is 0 Å². The van der Waals surface area contributed by atoms with Crippen LogP contribution in [0.3, 0.4) is 0 Å². The molecule has 3 aromatic rings. The maximum atomic E-state index is 16.1. The standard InChI is InChI=1S/C30H34Cl2FN9O2/c1-28(2)8-10-29(11-9-28)30(19-4-3-16(31)15-20(19)36-26(30)44)21(18-5-12-34-24(32)22(18)33)23(37-29)25(43)35-17-6-13-42(14-7-17)27-38-40-41-39-27/h3-5,12,15,17,21,23,37H,6-11,13-14H2,1-2H3,(H,35,43)(H,36,44)(H,38,39,40,41). The molecule has 1 aliphatic carbocycles. The third-order valence-corrected chi connectivity index (χ3v) is 10.9. The topological polar surface area (TPSA) is 141 Å². The lowest BCUT2D eigenvalue weighted by Crippen LogP contribution is -2.61. The number of benzene rings is 1. The third kappa shape index (κ3) is 4.47. The van der Waals surface area contributed by atoms with E-state index in [1.807, 2.05) is 11.0 Å². The number of hydrogen-bond donors (Lipinski definition) is 4. The smallest absolute Gasteiger partial charge is 0.242 e. The summed E-state index contributed by atoms with van der Waals surface area (Å²) in [5, 5.41) is 24.3. The van der Waals surface area contributed by atoms with E-state index in [1.54, 1.807) is 18.2 Å². The number of hydrogen-bond acceptors (Lipinski definition) is 8. The number of aromatic nitrogens is 5. The fourth-order valence-electron chi connectivity index (χ4n) is 8.14. The minimum absolute atomic E-state index is 0.0557. The largest absolute Gasteiger partial charge is 0.352 e. The van der Waals surface area contributed by atoms with Crippen molar-refractivity contribution in [2.75, 3.05) is 23.3 Å². The molecule has 3 unspecified atom stereocenters. The highest BCUT2D eigenvalue weighted by Crippen LogP contribution is 2.64. The van der Waals surface area contributed by atoms with Gasteiger partial charge >= 0.3 is 0 Å². The van der Waals surface area contributed by atoms with Crippen LogP contribution in [0.15, 0.2) is 30.5 Å². The molecule has 5 heterocycles. The zero-order chi connectivity index (χ0) is 30.9. The Morgan fingerprint density at radius 1 is 1.11 bits per heavy atom. The highest BCUT2D eigenvalue weighted by molar-refractivity contribution is 6.31. The first-order valence-corrected chi connectivity index (χ1v) is 15.8. The molecule has 4 aliphatic rings. The van der Waals surface area contributed by atoms with Crippen molar-refractivity contribution in [2.24, 2.45) is 5.41 Å². The van der Waals surface area contributed by atoms with E-state index in [9.17, 15) is 9.59 Å². The van der Waals surface area contributed by atoms with Gasteiger partial charge in [0.15, 0.2) is 11.0 Å². The van der Waals surface area contributed by atoms with Gasteiger partial charge in [-0.15, -0.1) is 0 Å². The van der Waals surface area contributed by atoms with Gasteiger partial charge < -0.3 is 15.5 Å². The molecule has 7 rings (SSSR count). The van der Waals surface area contributed by atoms with E-state index < -0.39 is 28.7 Å². The number of tetrazole rings is 1. The molecule has 1 saturated carbocycles. The Kier molecular flexibility index (Phi) is 7.09. The van der Waals surface area contributed by atoms with E-state index in [0.717, 1.165) is 12.8 Å². The summed E-state index contributed by atoms with van der Waals surface area (Å²) < 4.78 is 16.1. The van der Waals surface area contributed by atoms with Crippen molar-refractivity contribution in [2.45, 2.75) is 81.3 Å². The lowest BCUT2D eigenvalue weighted by molar-refractivity contribution is -0.125. The number of anilines is 2. The zero-order valence-corrected chi connectivity index (χ0v) is 26.0. The van der Waals surface area contributed by atoms with Crippen LogP contribution in [-0.2, 0) is 15.0 Å². The van der Waals surface area contributed by atoms with Crippen molar-refractivity contribution in [1.82, 2.24) is 36.2 Å². The summed E-state index contributed by atoms with van der Waals surface area (Å²) in [6.45, 7) is 5.74. The molecule has 3 atom stereocenters. The van der Waals surface area contributed by atoms with Crippen molar-refractivity contribution < 1.29 is 14.0 Å². The van der Waals surface area contributed by atoms with Crippen LogP contribution in [0.4, 0.5) is 16.0 Å². The first-order chi connectivity index (χ1) is 21.0. The number of nitrogens with zero attached hydrogens (tertiary/aromatic N) is 5. The molecule has 3 fully saturated rings. The first-order valence-electron chi connectivity index (χ1n) is 15.0. The van der Waals surface area contributed by atoms with E-state index in [0.29, 0.717) is 61.0 Å². The molecule has 14 heteroatoms. The molecule has 0 bridgehead atoms. The first kappa shape index (κ1) is 29.4. The Hall–Kier alpha value is -3.35. The number of carbonyl (C=O) groups excluding carboxylic acids is 2. The Morgan fingerprint density at radius 3 is 2.57 bits per heavy atom. The van der Waals surface area contributed by atoms with E-state index in [-0.39, 0.29) is 34.0 Å². The van der Waals surface area contributed by atoms with Gasteiger partial charge in [0.2, 0.25) is 17.8 Å². The molecule has 2 aromatic heterocycles. The Morgan fingerprint density at radius 2 is 1.86 bits per heavy atom. The second kappa shape index (κ2) is 10.6.